The smallest absolute Gasteiger partial charge is 0.223 e. The van der Waals surface area contributed by atoms with Crippen LogP contribution in [-0.4, -0.2) is 54.8 Å². The maximum atomic E-state index is 12.0. The normalized spacial score (nSPS) is 14.6. The van der Waals surface area contributed by atoms with Crippen molar-refractivity contribution in [2.24, 2.45) is 5.73 Å². The molecule has 2 aromatic rings. The molecule has 0 saturated carbocycles. The van der Waals surface area contributed by atoms with Gasteiger partial charge >= 0.3 is 0 Å². The van der Waals surface area contributed by atoms with Gasteiger partial charge in [0.05, 0.1) is 6.54 Å². The van der Waals surface area contributed by atoms with Crippen LogP contribution in [0.15, 0.2) is 12.4 Å². The number of nitrogens with two attached hydrogens (primary N) is 1. The summed E-state index contributed by atoms with van der Waals surface area (Å²) in [6.07, 6.45) is 6.06. The maximum absolute atomic E-state index is 12.0. The fourth-order valence-electron chi connectivity index (χ4n) is 3.50. The number of hydrogen-bond donors (Lipinski definition) is 1. The highest BCUT2D eigenvalue weighted by molar-refractivity contribution is 5.85. The summed E-state index contributed by atoms with van der Waals surface area (Å²) in [5, 5.41) is 8.91. The van der Waals surface area contributed by atoms with Crippen molar-refractivity contribution in [3.05, 3.63) is 29.9 Å². The summed E-state index contributed by atoms with van der Waals surface area (Å²) in [5.74, 6) is 3.49. The Morgan fingerprint density at radius 2 is 1.96 bits per heavy atom. The van der Waals surface area contributed by atoms with Gasteiger partial charge in [-0.05, 0) is 26.7 Å². The van der Waals surface area contributed by atoms with E-state index in [1.165, 1.54) is 0 Å². The highest BCUT2D eigenvalue weighted by Gasteiger charge is 2.27. The number of carbonyl (C=O) groups is 1. The van der Waals surface area contributed by atoms with Gasteiger partial charge in [0.2, 0.25) is 5.91 Å². The predicted molar refractivity (Wildman–Crippen MR) is 108 cm³/mol. The molecule has 152 valence electrons. The topological polar surface area (TPSA) is 94.9 Å². The second kappa shape index (κ2) is 10.6. The quantitative estimate of drug-likeness (QED) is 0.771. The Hall–Kier alpha value is -1.64. The minimum atomic E-state index is 0. The zero-order valence-corrected chi connectivity index (χ0v) is 17.5. The van der Waals surface area contributed by atoms with E-state index in [1.54, 1.807) is 6.20 Å². The van der Waals surface area contributed by atoms with Crippen molar-refractivity contribution in [1.29, 1.82) is 0 Å². The number of likely N-dealkylation sites (tertiary alicyclic amines) is 1. The standard InChI is InChI=1S/C17H27N7O.2ClH/c1-3-24-15(12-23-11-8-19-13(23)2)20-21-17(24)14-5-9-22(10-6-14)16(25)4-7-18;;/h8,11,14H,3-7,9-10,12,18H2,1-2H3;2*1H. The van der Waals surface area contributed by atoms with Crippen molar-refractivity contribution in [3.8, 4) is 0 Å². The van der Waals surface area contributed by atoms with E-state index in [2.05, 4.69) is 31.2 Å². The van der Waals surface area contributed by atoms with Gasteiger partial charge in [0.15, 0.2) is 5.82 Å². The van der Waals surface area contributed by atoms with Crippen molar-refractivity contribution in [2.45, 2.75) is 52.1 Å². The number of hydrogen-bond acceptors (Lipinski definition) is 5. The van der Waals surface area contributed by atoms with Gasteiger partial charge in [0.1, 0.15) is 11.6 Å². The van der Waals surface area contributed by atoms with Crippen molar-refractivity contribution in [1.82, 2.24) is 29.2 Å². The molecule has 0 bridgehead atoms. The summed E-state index contributed by atoms with van der Waals surface area (Å²) in [7, 11) is 0. The van der Waals surface area contributed by atoms with Gasteiger partial charge in [-0.3, -0.25) is 4.79 Å². The number of piperidine rings is 1. The van der Waals surface area contributed by atoms with E-state index >= 15 is 0 Å². The molecule has 0 aromatic carbocycles. The number of imidazole rings is 1. The van der Waals surface area contributed by atoms with Gasteiger partial charge in [-0.15, -0.1) is 35.0 Å². The number of amides is 1. The van der Waals surface area contributed by atoms with Crippen LogP contribution in [0.4, 0.5) is 0 Å². The minimum absolute atomic E-state index is 0. The molecule has 0 radical (unpaired) electrons. The first-order valence-electron chi connectivity index (χ1n) is 9.01. The Morgan fingerprint density at radius 3 is 2.52 bits per heavy atom. The number of nitrogens with zero attached hydrogens (tertiary/aromatic N) is 6. The van der Waals surface area contributed by atoms with Crippen molar-refractivity contribution >= 4 is 30.7 Å². The molecule has 2 N–H and O–H groups in total. The van der Waals surface area contributed by atoms with Crippen LogP contribution in [0.2, 0.25) is 0 Å². The first-order chi connectivity index (χ1) is 12.1. The van der Waals surface area contributed by atoms with Crippen molar-refractivity contribution in [3.63, 3.8) is 0 Å². The van der Waals surface area contributed by atoms with E-state index in [9.17, 15) is 4.79 Å². The molecule has 0 aliphatic carbocycles. The second-order valence-electron chi connectivity index (χ2n) is 6.51. The van der Waals surface area contributed by atoms with Crippen LogP contribution in [0, 0.1) is 6.92 Å². The first-order valence-corrected chi connectivity index (χ1v) is 9.01. The summed E-state index contributed by atoms with van der Waals surface area (Å²) in [6.45, 7) is 7.60. The van der Waals surface area contributed by atoms with Crippen LogP contribution < -0.4 is 5.73 Å². The van der Waals surface area contributed by atoms with Crippen LogP contribution in [0.25, 0.3) is 0 Å². The predicted octanol–water partition coefficient (Wildman–Crippen LogP) is 1.75. The molecule has 8 nitrogen and oxygen atoms in total. The number of aromatic nitrogens is 5. The molecule has 1 aliphatic rings. The van der Waals surface area contributed by atoms with Crippen LogP contribution in [0.5, 0.6) is 0 Å². The van der Waals surface area contributed by atoms with Gasteiger partial charge in [0.25, 0.3) is 0 Å². The molecule has 3 heterocycles. The Kier molecular flexibility index (Phi) is 9.21. The van der Waals surface area contributed by atoms with Crippen molar-refractivity contribution in [2.75, 3.05) is 19.6 Å². The molecule has 1 fully saturated rings. The van der Waals surface area contributed by atoms with Crippen molar-refractivity contribution < 1.29 is 4.79 Å². The Balaban J connectivity index is 0.00000182. The molecule has 2 aromatic heterocycles. The zero-order chi connectivity index (χ0) is 17.8. The SMILES string of the molecule is CCn1c(Cn2ccnc2C)nnc1C1CCN(C(=O)CCN)CC1.Cl.Cl. The number of rotatable bonds is 6. The van der Waals surface area contributed by atoms with Crippen LogP contribution in [0.1, 0.15) is 49.6 Å². The van der Waals surface area contributed by atoms with Gasteiger partial charge in [-0.2, -0.15) is 0 Å². The largest absolute Gasteiger partial charge is 0.343 e. The molecule has 0 atom stereocenters. The molecular formula is C17H29Cl2N7O. The molecule has 1 amide bonds. The molecule has 10 heteroatoms. The number of carbonyl (C=O) groups excluding carboxylic acids is 1. The number of aryl methyl sites for hydroxylation is 1. The van der Waals surface area contributed by atoms with E-state index in [4.69, 9.17) is 5.73 Å². The van der Waals surface area contributed by atoms with E-state index in [1.807, 2.05) is 18.0 Å². The van der Waals surface area contributed by atoms with Gasteiger partial charge in [0, 0.05) is 50.9 Å². The molecular weight excluding hydrogens is 389 g/mol. The lowest BCUT2D eigenvalue weighted by molar-refractivity contribution is -0.132. The third-order valence-corrected chi connectivity index (χ3v) is 4.98. The third-order valence-electron chi connectivity index (χ3n) is 4.98. The van der Waals surface area contributed by atoms with E-state index in [0.717, 1.165) is 49.9 Å². The maximum Gasteiger partial charge on any atom is 0.223 e. The fraction of sp³-hybridized carbons (Fsp3) is 0.647. The molecule has 0 spiro atoms. The molecule has 27 heavy (non-hydrogen) atoms. The average Bonchev–Trinajstić information content (AvgIpc) is 3.22. The summed E-state index contributed by atoms with van der Waals surface area (Å²) in [4.78, 5) is 18.2. The summed E-state index contributed by atoms with van der Waals surface area (Å²) in [6, 6.07) is 0. The molecule has 0 unspecified atom stereocenters. The lowest BCUT2D eigenvalue weighted by Crippen LogP contribution is -2.39. The highest BCUT2D eigenvalue weighted by Crippen LogP contribution is 2.27. The second-order valence-corrected chi connectivity index (χ2v) is 6.51. The highest BCUT2D eigenvalue weighted by atomic mass is 35.5. The lowest BCUT2D eigenvalue weighted by atomic mass is 9.95. The van der Waals surface area contributed by atoms with E-state index < -0.39 is 0 Å². The lowest BCUT2D eigenvalue weighted by Gasteiger charge is -2.31. The summed E-state index contributed by atoms with van der Waals surface area (Å²) in [5.41, 5.74) is 5.49. The molecule has 1 aliphatic heterocycles. The van der Waals surface area contributed by atoms with Gasteiger partial charge in [-0.1, -0.05) is 0 Å². The minimum Gasteiger partial charge on any atom is -0.343 e. The molecule has 1 saturated heterocycles. The zero-order valence-electron chi connectivity index (χ0n) is 15.9. The summed E-state index contributed by atoms with van der Waals surface area (Å²) < 4.78 is 4.29. The Labute approximate surface area is 172 Å². The fourth-order valence-corrected chi connectivity index (χ4v) is 3.50. The van der Waals surface area contributed by atoms with Crippen LogP contribution in [0.3, 0.4) is 0 Å². The van der Waals surface area contributed by atoms with E-state index in [-0.39, 0.29) is 30.7 Å². The Bertz CT molecular complexity index is 723. The van der Waals surface area contributed by atoms with Gasteiger partial charge < -0.3 is 19.8 Å². The number of halogens is 2. The molecule has 3 rings (SSSR count). The van der Waals surface area contributed by atoms with Gasteiger partial charge in [-0.25, -0.2) is 4.98 Å². The van der Waals surface area contributed by atoms with Crippen LogP contribution >= 0.6 is 24.8 Å². The van der Waals surface area contributed by atoms with Crippen LogP contribution in [-0.2, 0) is 17.9 Å². The van der Waals surface area contributed by atoms with E-state index in [0.29, 0.717) is 25.4 Å². The third kappa shape index (κ3) is 5.21. The monoisotopic (exact) mass is 417 g/mol. The first kappa shape index (κ1) is 23.4. The Morgan fingerprint density at radius 1 is 1.26 bits per heavy atom. The summed E-state index contributed by atoms with van der Waals surface area (Å²) >= 11 is 0. The average molecular weight is 418 g/mol.